The number of hydrogen-bond donors (Lipinski definition) is 1. The Morgan fingerprint density at radius 2 is 2.19 bits per heavy atom. The molecule has 142 valence electrons. The molecule has 0 unspecified atom stereocenters. The molecule has 0 spiro atoms. The lowest BCUT2D eigenvalue weighted by molar-refractivity contribution is -0.132. The van der Waals surface area contributed by atoms with Crippen molar-refractivity contribution < 1.29 is 4.79 Å². The molecule has 4 rings (SSSR count). The quantitative estimate of drug-likeness (QED) is 0.702. The second-order valence-electron chi connectivity index (χ2n) is 6.89. The summed E-state index contributed by atoms with van der Waals surface area (Å²) in [5.74, 6) is 3.16. The van der Waals surface area contributed by atoms with Crippen molar-refractivity contribution in [2.75, 3.05) is 13.1 Å². The zero-order valence-electron chi connectivity index (χ0n) is 15.3. The normalized spacial score (nSPS) is 15.4. The number of aryl methyl sites for hydroxylation is 2. The highest BCUT2D eigenvalue weighted by atomic mass is 32.1. The third-order valence-corrected chi connectivity index (χ3v) is 5.62. The molecule has 0 aromatic carbocycles. The van der Waals surface area contributed by atoms with Gasteiger partial charge in [0, 0.05) is 49.6 Å². The molecule has 0 bridgehead atoms. The first-order chi connectivity index (χ1) is 13.2. The number of thiazole rings is 1. The van der Waals surface area contributed by atoms with E-state index in [0.717, 1.165) is 49.8 Å². The molecule has 1 aliphatic rings. The molecule has 27 heavy (non-hydrogen) atoms. The van der Waals surface area contributed by atoms with E-state index >= 15 is 0 Å². The molecule has 4 heterocycles. The van der Waals surface area contributed by atoms with Crippen LogP contribution in [0.4, 0.5) is 0 Å². The summed E-state index contributed by atoms with van der Waals surface area (Å²) in [5.41, 5.74) is 2.92. The highest BCUT2D eigenvalue weighted by molar-refractivity contribution is 7.07. The van der Waals surface area contributed by atoms with Crippen LogP contribution < -0.4 is 0 Å². The van der Waals surface area contributed by atoms with Crippen LogP contribution in [-0.4, -0.2) is 53.6 Å². The Morgan fingerprint density at radius 1 is 1.33 bits per heavy atom. The highest BCUT2D eigenvalue weighted by Gasteiger charge is 2.26. The van der Waals surface area contributed by atoms with Crippen LogP contribution in [0.5, 0.6) is 0 Å². The topological polar surface area (TPSA) is 92.6 Å². The minimum atomic E-state index is 0.182. The number of aromatic nitrogens is 6. The first-order valence-corrected chi connectivity index (χ1v) is 10.2. The number of carbonyl (C=O) groups excluding carboxylic acids is 1. The summed E-state index contributed by atoms with van der Waals surface area (Å²) in [6.45, 7) is 4.18. The molecule has 1 fully saturated rings. The molecule has 8 nitrogen and oxygen atoms in total. The number of imidazole rings is 1. The number of likely N-dealkylation sites (tertiary alicyclic amines) is 1. The molecule has 0 radical (unpaired) electrons. The maximum absolute atomic E-state index is 12.5. The van der Waals surface area contributed by atoms with Crippen LogP contribution in [0.2, 0.25) is 0 Å². The monoisotopic (exact) mass is 385 g/mol. The lowest BCUT2D eigenvalue weighted by Gasteiger charge is -2.32. The van der Waals surface area contributed by atoms with Crippen LogP contribution >= 0.6 is 11.3 Å². The molecule has 0 saturated carbocycles. The van der Waals surface area contributed by atoms with Crippen molar-refractivity contribution in [1.29, 1.82) is 0 Å². The van der Waals surface area contributed by atoms with E-state index in [1.807, 2.05) is 29.7 Å². The van der Waals surface area contributed by atoms with Gasteiger partial charge in [0.05, 0.1) is 17.7 Å². The molecular formula is C18H23N7OS. The predicted octanol–water partition coefficient (Wildman–Crippen LogP) is 2.15. The zero-order valence-corrected chi connectivity index (χ0v) is 16.2. The van der Waals surface area contributed by atoms with E-state index < -0.39 is 0 Å². The van der Waals surface area contributed by atoms with Crippen molar-refractivity contribution in [1.82, 2.24) is 34.6 Å². The number of amides is 1. The summed E-state index contributed by atoms with van der Waals surface area (Å²) in [6.07, 6.45) is 6.81. The molecule has 0 atom stereocenters. The van der Waals surface area contributed by atoms with E-state index in [1.165, 1.54) is 0 Å². The second kappa shape index (κ2) is 7.99. The summed E-state index contributed by atoms with van der Waals surface area (Å²) in [7, 11) is 0. The van der Waals surface area contributed by atoms with Gasteiger partial charge in [-0.05, 0) is 19.8 Å². The summed E-state index contributed by atoms with van der Waals surface area (Å²) < 4.78 is 2.18. The average molecular weight is 385 g/mol. The smallest absolute Gasteiger partial charge is 0.223 e. The van der Waals surface area contributed by atoms with Gasteiger partial charge >= 0.3 is 0 Å². The highest BCUT2D eigenvalue weighted by Crippen LogP contribution is 2.27. The Labute approximate surface area is 161 Å². The zero-order chi connectivity index (χ0) is 18.6. The van der Waals surface area contributed by atoms with Crippen molar-refractivity contribution in [2.45, 2.75) is 45.1 Å². The van der Waals surface area contributed by atoms with Gasteiger partial charge in [0.2, 0.25) is 5.91 Å². The van der Waals surface area contributed by atoms with Crippen molar-refractivity contribution >= 4 is 17.2 Å². The van der Waals surface area contributed by atoms with Gasteiger partial charge in [0.15, 0.2) is 5.82 Å². The standard InChI is InChI=1S/C18H23N7OS/c1-13-21-16(23-22-13)2-3-17(26)24-7-4-14(5-8-24)18-19-6-9-25(18)10-15-11-27-12-20-15/h6,9,11-12,14H,2-5,7-8,10H2,1H3,(H,21,22,23). The van der Waals surface area contributed by atoms with Crippen LogP contribution in [-0.2, 0) is 17.8 Å². The number of nitrogens with one attached hydrogen (secondary N) is 1. The largest absolute Gasteiger partial charge is 0.343 e. The van der Waals surface area contributed by atoms with E-state index in [9.17, 15) is 4.79 Å². The molecule has 3 aromatic heterocycles. The predicted molar refractivity (Wildman–Crippen MR) is 101 cm³/mol. The fourth-order valence-corrected chi connectivity index (χ4v) is 4.12. The number of carbonyl (C=O) groups is 1. The van der Waals surface area contributed by atoms with Gasteiger partial charge in [-0.25, -0.2) is 15.0 Å². The van der Waals surface area contributed by atoms with Crippen molar-refractivity contribution in [3.8, 4) is 0 Å². The molecule has 3 aromatic rings. The summed E-state index contributed by atoms with van der Waals surface area (Å²) in [4.78, 5) is 27.7. The number of piperidine rings is 1. The van der Waals surface area contributed by atoms with Gasteiger partial charge in [-0.1, -0.05) is 0 Å². The number of hydrogen-bond acceptors (Lipinski definition) is 6. The van der Waals surface area contributed by atoms with Crippen molar-refractivity contribution in [2.24, 2.45) is 0 Å². The van der Waals surface area contributed by atoms with Gasteiger partial charge in [-0.2, -0.15) is 5.10 Å². The van der Waals surface area contributed by atoms with E-state index in [4.69, 9.17) is 0 Å². The molecule has 1 saturated heterocycles. The first kappa shape index (κ1) is 17.8. The minimum Gasteiger partial charge on any atom is -0.343 e. The summed E-state index contributed by atoms with van der Waals surface area (Å²) >= 11 is 1.61. The first-order valence-electron chi connectivity index (χ1n) is 9.23. The number of rotatable bonds is 6. The van der Waals surface area contributed by atoms with E-state index in [0.29, 0.717) is 24.6 Å². The van der Waals surface area contributed by atoms with E-state index in [2.05, 4.69) is 35.1 Å². The van der Waals surface area contributed by atoms with Gasteiger partial charge in [-0.15, -0.1) is 11.3 Å². The Balaban J connectivity index is 1.30. The van der Waals surface area contributed by atoms with Gasteiger partial charge in [0.25, 0.3) is 0 Å². The van der Waals surface area contributed by atoms with Crippen LogP contribution in [0.3, 0.4) is 0 Å². The fraction of sp³-hybridized carbons (Fsp3) is 0.500. The van der Waals surface area contributed by atoms with Crippen LogP contribution in [0.1, 0.15) is 48.3 Å². The van der Waals surface area contributed by atoms with Crippen LogP contribution in [0, 0.1) is 6.92 Å². The molecule has 1 N–H and O–H groups in total. The number of aromatic amines is 1. The van der Waals surface area contributed by atoms with Gasteiger partial charge in [-0.3, -0.25) is 9.89 Å². The molecule has 0 aliphatic carbocycles. The van der Waals surface area contributed by atoms with Crippen LogP contribution in [0.15, 0.2) is 23.3 Å². The van der Waals surface area contributed by atoms with Crippen molar-refractivity contribution in [3.63, 3.8) is 0 Å². The lowest BCUT2D eigenvalue weighted by atomic mass is 9.95. The molecular weight excluding hydrogens is 362 g/mol. The van der Waals surface area contributed by atoms with Gasteiger partial charge < -0.3 is 9.47 Å². The number of nitrogens with zero attached hydrogens (tertiary/aromatic N) is 6. The van der Waals surface area contributed by atoms with Gasteiger partial charge in [0.1, 0.15) is 11.6 Å². The number of H-pyrrole nitrogens is 1. The molecule has 9 heteroatoms. The third kappa shape index (κ3) is 4.24. The summed E-state index contributed by atoms with van der Waals surface area (Å²) in [5, 5.41) is 8.98. The fourth-order valence-electron chi connectivity index (χ4n) is 3.57. The average Bonchev–Trinajstić information content (AvgIpc) is 3.43. The Kier molecular flexibility index (Phi) is 5.28. The van der Waals surface area contributed by atoms with E-state index in [1.54, 1.807) is 11.3 Å². The summed E-state index contributed by atoms with van der Waals surface area (Å²) in [6, 6.07) is 0. The second-order valence-corrected chi connectivity index (χ2v) is 7.60. The molecule has 1 amide bonds. The maximum atomic E-state index is 12.5. The minimum absolute atomic E-state index is 0.182. The Hall–Kier alpha value is -2.55. The van der Waals surface area contributed by atoms with E-state index in [-0.39, 0.29) is 5.91 Å². The molecule has 1 aliphatic heterocycles. The van der Waals surface area contributed by atoms with Crippen molar-refractivity contribution in [3.05, 3.63) is 46.5 Å². The maximum Gasteiger partial charge on any atom is 0.223 e. The van der Waals surface area contributed by atoms with Crippen LogP contribution in [0.25, 0.3) is 0 Å². The lowest BCUT2D eigenvalue weighted by Crippen LogP contribution is -2.38. The Bertz CT molecular complexity index is 877. The third-order valence-electron chi connectivity index (χ3n) is 4.98. The Morgan fingerprint density at radius 3 is 2.89 bits per heavy atom. The SMILES string of the molecule is Cc1nc(CCC(=O)N2CCC(c3nccn3Cc3cscn3)CC2)n[nH]1.